The van der Waals surface area contributed by atoms with Gasteiger partial charge in [0.15, 0.2) is 0 Å². The molecule has 1 aromatic heterocycles. The Kier molecular flexibility index (Phi) is 1.81. The number of aryl methyl sites for hydroxylation is 1. The number of nitrogens with one attached hydrogen (secondary N) is 1. The highest BCUT2D eigenvalue weighted by Gasteiger charge is 1.87. The lowest BCUT2D eigenvalue weighted by Gasteiger charge is -1.76. The molecule has 1 rings (SSSR count). The van der Waals surface area contributed by atoms with Crippen LogP contribution in [0.15, 0.2) is 6.07 Å². The van der Waals surface area contributed by atoms with E-state index in [1.807, 2.05) is 6.07 Å². The average Bonchev–Trinajstić information content (AvgIpc) is 2.14. The van der Waals surface area contributed by atoms with Crippen molar-refractivity contribution in [3.05, 3.63) is 15.6 Å². The Labute approximate surface area is 57.5 Å². The molecular weight excluding hydrogens is 138 g/mol. The molecule has 0 saturated carbocycles. The summed E-state index contributed by atoms with van der Waals surface area (Å²) >= 11 is 6.47. The Morgan fingerprint density at radius 3 is 2.88 bits per heavy atom. The van der Waals surface area contributed by atoms with Crippen molar-refractivity contribution in [2.45, 2.75) is 13.3 Å². The molecule has 8 heavy (non-hydrogen) atoms. The molecule has 3 heteroatoms. The molecule has 0 aromatic carbocycles. The minimum Gasteiger partial charge on any atom is -0.302 e. The van der Waals surface area contributed by atoms with Gasteiger partial charge in [-0.15, -0.1) is 0 Å². The fourth-order valence-electron chi connectivity index (χ4n) is 0.495. The molecule has 0 fully saturated rings. The van der Waals surface area contributed by atoms with Crippen LogP contribution in [0.4, 0.5) is 0 Å². The smallest absolute Gasteiger partial charge is 0.113 e. The van der Waals surface area contributed by atoms with Crippen molar-refractivity contribution < 1.29 is 0 Å². The molecule has 0 radical (unpaired) electrons. The standard InChI is InChI=1S/C5H7NS2/c1-2-4-3-5(7)6-8-4/h3H,2H2,1H3,(H,6,7). The minimum atomic E-state index is 0.854. The third-order valence-corrected chi connectivity index (χ3v) is 2.26. The second-order valence-electron chi connectivity index (χ2n) is 1.53. The van der Waals surface area contributed by atoms with Crippen molar-refractivity contribution in [2.75, 3.05) is 0 Å². The van der Waals surface area contributed by atoms with Gasteiger partial charge in [0.05, 0.1) is 0 Å². The Hall–Kier alpha value is -0.150. The summed E-state index contributed by atoms with van der Waals surface area (Å²) in [5.74, 6) is 0. The first-order chi connectivity index (χ1) is 3.83. The molecule has 0 bridgehead atoms. The van der Waals surface area contributed by atoms with Crippen LogP contribution in [0.5, 0.6) is 0 Å². The maximum absolute atomic E-state index is 4.85. The number of H-pyrrole nitrogens is 1. The summed E-state index contributed by atoms with van der Waals surface area (Å²) in [5, 5.41) is 0. The van der Waals surface area contributed by atoms with Crippen LogP contribution >= 0.6 is 23.8 Å². The average molecular weight is 145 g/mol. The number of hydrogen-bond donors (Lipinski definition) is 1. The van der Waals surface area contributed by atoms with Gasteiger partial charge in [-0.1, -0.05) is 30.7 Å². The summed E-state index contributed by atoms with van der Waals surface area (Å²) in [5.41, 5.74) is 0. The lowest BCUT2D eigenvalue weighted by Crippen LogP contribution is -1.63. The first-order valence-electron chi connectivity index (χ1n) is 2.50. The van der Waals surface area contributed by atoms with Gasteiger partial charge in [-0.2, -0.15) is 0 Å². The van der Waals surface area contributed by atoms with Crippen LogP contribution in [0.25, 0.3) is 0 Å². The van der Waals surface area contributed by atoms with E-state index in [1.54, 1.807) is 11.5 Å². The Morgan fingerprint density at radius 1 is 1.88 bits per heavy atom. The predicted octanol–water partition coefficient (Wildman–Crippen LogP) is 2.37. The molecule has 0 unspecified atom stereocenters. The van der Waals surface area contributed by atoms with Crippen LogP contribution < -0.4 is 0 Å². The van der Waals surface area contributed by atoms with Crippen LogP contribution in [0.2, 0.25) is 0 Å². The predicted molar refractivity (Wildman–Crippen MR) is 38.9 cm³/mol. The van der Waals surface area contributed by atoms with E-state index in [-0.39, 0.29) is 0 Å². The quantitative estimate of drug-likeness (QED) is 0.600. The third-order valence-electron chi connectivity index (χ3n) is 0.923. The highest BCUT2D eigenvalue weighted by atomic mass is 32.1. The van der Waals surface area contributed by atoms with E-state index in [2.05, 4.69) is 11.3 Å². The topological polar surface area (TPSA) is 15.8 Å². The Balaban J connectivity index is 3.01. The lowest BCUT2D eigenvalue weighted by molar-refractivity contribution is 1.19. The van der Waals surface area contributed by atoms with Gasteiger partial charge >= 0.3 is 0 Å². The molecule has 0 saturated heterocycles. The Morgan fingerprint density at radius 2 is 2.62 bits per heavy atom. The maximum Gasteiger partial charge on any atom is 0.113 e. The lowest BCUT2D eigenvalue weighted by atomic mass is 10.4. The molecule has 1 heterocycles. The number of aromatic nitrogens is 1. The highest BCUT2D eigenvalue weighted by Crippen LogP contribution is 2.05. The van der Waals surface area contributed by atoms with Crippen molar-refractivity contribution in [3.8, 4) is 0 Å². The van der Waals surface area contributed by atoms with Crippen LogP contribution in [0.1, 0.15) is 11.8 Å². The van der Waals surface area contributed by atoms with E-state index >= 15 is 0 Å². The van der Waals surface area contributed by atoms with Gasteiger partial charge < -0.3 is 4.37 Å². The minimum absolute atomic E-state index is 0.854. The summed E-state index contributed by atoms with van der Waals surface area (Å²) in [6.07, 6.45) is 1.08. The van der Waals surface area contributed by atoms with Crippen LogP contribution in [0.3, 0.4) is 0 Å². The number of hydrogen-bond acceptors (Lipinski definition) is 2. The van der Waals surface area contributed by atoms with Crippen LogP contribution in [-0.2, 0) is 6.42 Å². The van der Waals surface area contributed by atoms with E-state index in [0.29, 0.717) is 0 Å². The summed E-state index contributed by atoms with van der Waals surface area (Å²) in [7, 11) is 0. The van der Waals surface area contributed by atoms with Gasteiger partial charge in [0, 0.05) is 4.88 Å². The summed E-state index contributed by atoms with van der Waals surface area (Å²) in [6.45, 7) is 2.12. The molecule has 0 aliphatic heterocycles. The first-order valence-corrected chi connectivity index (χ1v) is 3.73. The zero-order valence-electron chi connectivity index (χ0n) is 4.60. The summed E-state index contributed by atoms with van der Waals surface area (Å²) in [6, 6.07) is 2.00. The fraction of sp³-hybridized carbons (Fsp3) is 0.400. The SMILES string of the molecule is CCc1cc(=S)[nH]s1. The second kappa shape index (κ2) is 2.42. The van der Waals surface area contributed by atoms with Gasteiger partial charge in [0.25, 0.3) is 0 Å². The van der Waals surface area contributed by atoms with E-state index < -0.39 is 0 Å². The van der Waals surface area contributed by atoms with Crippen molar-refractivity contribution in [3.63, 3.8) is 0 Å². The Bertz CT molecular complexity index is 210. The molecule has 0 aliphatic carbocycles. The largest absolute Gasteiger partial charge is 0.302 e. The summed E-state index contributed by atoms with van der Waals surface area (Å²) in [4.78, 5) is 1.33. The van der Waals surface area contributed by atoms with Gasteiger partial charge in [-0.05, 0) is 12.5 Å². The summed E-state index contributed by atoms with van der Waals surface area (Å²) < 4.78 is 3.83. The number of aromatic amines is 1. The van der Waals surface area contributed by atoms with Crippen molar-refractivity contribution in [1.29, 1.82) is 0 Å². The molecule has 0 amide bonds. The molecule has 0 atom stereocenters. The third kappa shape index (κ3) is 1.17. The molecule has 0 aliphatic rings. The van der Waals surface area contributed by atoms with E-state index in [9.17, 15) is 0 Å². The van der Waals surface area contributed by atoms with Crippen molar-refractivity contribution >= 4 is 23.8 Å². The van der Waals surface area contributed by atoms with E-state index in [0.717, 1.165) is 11.1 Å². The van der Waals surface area contributed by atoms with E-state index in [4.69, 9.17) is 12.2 Å². The zero-order valence-corrected chi connectivity index (χ0v) is 6.23. The van der Waals surface area contributed by atoms with Crippen LogP contribution in [-0.4, -0.2) is 4.37 Å². The van der Waals surface area contributed by atoms with Gasteiger partial charge in [0.1, 0.15) is 4.64 Å². The monoisotopic (exact) mass is 145 g/mol. The van der Waals surface area contributed by atoms with E-state index in [1.165, 1.54) is 4.88 Å². The second-order valence-corrected chi connectivity index (χ2v) is 2.91. The van der Waals surface area contributed by atoms with Gasteiger partial charge in [-0.3, -0.25) is 0 Å². The highest BCUT2D eigenvalue weighted by molar-refractivity contribution is 7.71. The molecule has 0 spiro atoms. The molecule has 44 valence electrons. The molecule has 1 aromatic rings. The normalized spacial score (nSPS) is 9.62. The zero-order chi connectivity index (χ0) is 5.98. The molecular formula is C5H7NS2. The fourth-order valence-corrected chi connectivity index (χ4v) is 1.45. The van der Waals surface area contributed by atoms with Gasteiger partial charge in [-0.25, -0.2) is 0 Å². The maximum atomic E-state index is 4.85. The van der Waals surface area contributed by atoms with Crippen molar-refractivity contribution in [2.24, 2.45) is 0 Å². The van der Waals surface area contributed by atoms with Crippen LogP contribution in [0, 0.1) is 4.64 Å². The van der Waals surface area contributed by atoms with Crippen molar-refractivity contribution in [1.82, 2.24) is 4.37 Å². The first kappa shape index (κ1) is 5.98. The molecule has 1 N–H and O–H groups in total. The molecule has 1 nitrogen and oxygen atoms in total. The number of rotatable bonds is 1. The van der Waals surface area contributed by atoms with Gasteiger partial charge in [0.2, 0.25) is 0 Å².